The molecule has 42 heavy (non-hydrogen) atoms. The number of halogens is 8. The molecule has 0 unspecified atom stereocenters. The lowest BCUT2D eigenvalue weighted by Crippen LogP contribution is -2.30. The van der Waals surface area contributed by atoms with Gasteiger partial charge < -0.3 is 20.8 Å². The van der Waals surface area contributed by atoms with Crippen molar-refractivity contribution < 1.29 is 46.1 Å². The van der Waals surface area contributed by atoms with Crippen molar-refractivity contribution in [3.8, 4) is 0 Å². The Labute approximate surface area is 243 Å². The number of aliphatic carboxylic acids is 2. The molecular weight excluding hydrogens is 623 g/mol. The van der Waals surface area contributed by atoms with Crippen molar-refractivity contribution in [2.45, 2.75) is 31.9 Å². The van der Waals surface area contributed by atoms with Crippen LogP contribution in [0, 0.1) is 0 Å². The average molecular weight is 646 g/mol. The summed E-state index contributed by atoms with van der Waals surface area (Å²) < 4.78 is 65.0. The number of pyridine rings is 1. The molecule has 0 bridgehead atoms. The van der Waals surface area contributed by atoms with E-state index in [4.69, 9.17) is 43.0 Å². The summed E-state index contributed by atoms with van der Waals surface area (Å²) in [4.78, 5) is 38.8. The van der Waals surface area contributed by atoms with Gasteiger partial charge in [-0.25, -0.2) is 14.6 Å². The van der Waals surface area contributed by atoms with Crippen LogP contribution in [0.15, 0.2) is 59.7 Å². The first kappa shape index (κ1) is 36.1. The number of aromatic nitrogens is 3. The first-order chi connectivity index (χ1) is 19.5. The predicted molar refractivity (Wildman–Crippen MR) is 140 cm³/mol. The van der Waals surface area contributed by atoms with Gasteiger partial charge in [-0.05, 0) is 29.8 Å². The second-order valence-corrected chi connectivity index (χ2v) is 8.62. The van der Waals surface area contributed by atoms with Gasteiger partial charge in [0.1, 0.15) is 5.15 Å². The third-order valence-electron chi connectivity index (χ3n) is 4.65. The number of rotatable bonds is 9. The van der Waals surface area contributed by atoms with Gasteiger partial charge in [-0.1, -0.05) is 41.4 Å². The molecule has 3 rings (SSSR count). The molecule has 0 aliphatic heterocycles. The van der Waals surface area contributed by atoms with Crippen molar-refractivity contribution >= 4 is 41.0 Å². The molecule has 0 spiro atoms. The highest BCUT2D eigenvalue weighted by atomic mass is 35.5. The number of carbonyl (C=O) groups is 2. The van der Waals surface area contributed by atoms with E-state index in [0.29, 0.717) is 42.8 Å². The van der Waals surface area contributed by atoms with E-state index < -0.39 is 24.3 Å². The van der Waals surface area contributed by atoms with Gasteiger partial charge >= 0.3 is 24.3 Å². The molecule has 230 valence electrons. The Morgan fingerprint density at radius 2 is 1.45 bits per heavy atom. The van der Waals surface area contributed by atoms with E-state index >= 15 is 0 Å². The first-order valence-electron chi connectivity index (χ1n) is 11.5. The minimum absolute atomic E-state index is 0.234. The Balaban J connectivity index is 0.000000522. The van der Waals surface area contributed by atoms with Crippen molar-refractivity contribution in [2.24, 2.45) is 0 Å². The van der Waals surface area contributed by atoms with Crippen LogP contribution in [0.4, 0.5) is 32.2 Å². The smallest absolute Gasteiger partial charge is 0.475 e. The number of nitrogens with one attached hydrogen (secondary N) is 2. The van der Waals surface area contributed by atoms with Gasteiger partial charge in [0.05, 0.1) is 6.20 Å². The Morgan fingerprint density at radius 3 is 1.95 bits per heavy atom. The zero-order chi connectivity index (χ0) is 31.9. The van der Waals surface area contributed by atoms with Gasteiger partial charge in [0.15, 0.2) is 5.82 Å². The molecule has 1 aromatic carbocycles. The molecule has 0 aliphatic carbocycles. The normalized spacial score (nSPS) is 11.0. The van der Waals surface area contributed by atoms with Crippen molar-refractivity contribution in [3.63, 3.8) is 0 Å². The highest BCUT2D eigenvalue weighted by molar-refractivity contribution is 6.30. The number of alkyl halides is 6. The molecular formula is C24H23Cl2F6N5O5. The van der Waals surface area contributed by atoms with Crippen LogP contribution in [0.25, 0.3) is 0 Å². The highest BCUT2D eigenvalue weighted by Gasteiger charge is 2.38. The van der Waals surface area contributed by atoms with Crippen LogP contribution in [0.5, 0.6) is 0 Å². The van der Waals surface area contributed by atoms with Crippen LogP contribution in [-0.2, 0) is 29.1 Å². The van der Waals surface area contributed by atoms with Crippen LogP contribution in [-0.4, -0.2) is 62.1 Å². The van der Waals surface area contributed by atoms with E-state index in [9.17, 15) is 31.1 Å². The number of nitrogens with zero attached hydrogens (tertiary/aromatic N) is 3. The van der Waals surface area contributed by atoms with E-state index in [2.05, 4.69) is 20.6 Å². The number of hydrogen-bond acceptors (Lipinski definition) is 7. The Morgan fingerprint density at radius 1 is 0.881 bits per heavy atom. The molecule has 0 radical (unpaired) electrons. The van der Waals surface area contributed by atoms with E-state index in [-0.39, 0.29) is 11.4 Å². The molecule has 0 saturated carbocycles. The molecule has 2 aromatic heterocycles. The van der Waals surface area contributed by atoms with Crippen molar-refractivity contribution in [2.75, 3.05) is 18.4 Å². The minimum Gasteiger partial charge on any atom is -0.475 e. The summed E-state index contributed by atoms with van der Waals surface area (Å²) in [5.41, 5.74) is 1.84. The molecule has 0 aliphatic rings. The first-order valence-corrected chi connectivity index (χ1v) is 12.2. The van der Waals surface area contributed by atoms with Crippen LogP contribution >= 0.6 is 23.2 Å². The number of hydrogen-bond donors (Lipinski definition) is 4. The molecule has 0 saturated heterocycles. The van der Waals surface area contributed by atoms with E-state index in [1.165, 1.54) is 10.8 Å². The summed E-state index contributed by atoms with van der Waals surface area (Å²) in [5.74, 6) is -5.22. The van der Waals surface area contributed by atoms with Crippen LogP contribution in [0.3, 0.4) is 0 Å². The number of benzene rings is 1. The van der Waals surface area contributed by atoms with Gasteiger partial charge in [0.2, 0.25) is 0 Å². The highest BCUT2D eigenvalue weighted by Crippen LogP contribution is 2.14. The Bertz CT molecular complexity index is 1320. The van der Waals surface area contributed by atoms with Crippen molar-refractivity contribution in [1.29, 1.82) is 0 Å². The van der Waals surface area contributed by atoms with E-state index in [1.807, 2.05) is 42.5 Å². The van der Waals surface area contributed by atoms with E-state index in [1.54, 1.807) is 6.20 Å². The molecule has 18 heteroatoms. The summed E-state index contributed by atoms with van der Waals surface area (Å²) in [6.45, 7) is 2.29. The van der Waals surface area contributed by atoms with Gasteiger partial charge in [0, 0.05) is 49.5 Å². The maximum atomic E-state index is 12.6. The summed E-state index contributed by atoms with van der Waals surface area (Å²) in [6.07, 6.45) is -6.22. The average Bonchev–Trinajstić information content (AvgIpc) is 2.91. The lowest BCUT2D eigenvalue weighted by molar-refractivity contribution is -0.193. The summed E-state index contributed by atoms with van der Waals surface area (Å²) in [5, 5.41) is 21.6. The molecule has 3 aromatic rings. The lowest BCUT2D eigenvalue weighted by Gasteiger charge is -2.12. The summed E-state index contributed by atoms with van der Waals surface area (Å²) >= 11 is 12.1. The fourth-order valence-electron chi connectivity index (χ4n) is 2.68. The molecule has 0 amide bonds. The third kappa shape index (κ3) is 14.1. The topological polar surface area (TPSA) is 146 Å². The third-order valence-corrected chi connectivity index (χ3v) is 5.20. The molecule has 10 nitrogen and oxygen atoms in total. The monoisotopic (exact) mass is 645 g/mol. The molecule has 0 atom stereocenters. The van der Waals surface area contributed by atoms with Crippen molar-refractivity contribution in [3.05, 3.63) is 86.6 Å². The number of carboxylic acid groups (broad SMARTS) is 2. The molecule has 2 heterocycles. The number of anilines is 1. The minimum atomic E-state index is -5.08. The van der Waals surface area contributed by atoms with Crippen LogP contribution in [0.2, 0.25) is 10.2 Å². The molecule has 4 N–H and O–H groups in total. The van der Waals surface area contributed by atoms with E-state index in [0.717, 1.165) is 11.3 Å². The summed E-state index contributed by atoms with van der Waals surface area (Å²) in [6, 6.07) is 13.4. The zero-order valence-electron chi connectivity index (χ0n) is 21.2. The fourth-order valence-corrected chi connectivity index (χ4v) is 3.01. The quantitative estimate of drug-likeness (QED) is 0.193. The van der Waals surface area contributed by atoms with Gasteiger partial charge in [-0.3, -0.25) is 14.3 Å². The van der Waals surface area contributed by atoms with Gasteiger partial charge in [-0.15, -0.1) is 0 Å². The second kappa shape index (κ2) is 17.2. The van der Waals surface area contributed by atoms with Crippen molar-refractivity contribution in [1.82, 2.24) is 19.9 Å². The molecule has 0 fully saturated rings. The maximum Gasteiger partial charge on any atom is 0.490 e. The fraction of sp³-hybridized carbons (Fsp3) is 0.292. The van der Waals surface area contributed by atoms with Crippen LogP contribution in [0.1, 0.15) is 11.3 Å². The maximum absolute atomic E-state index is 12.6. The van der Waals surface area contributed by atoms with Gasteiger partial charge in [-0.2, -0.15) is 26.3 Å². The van der Waals surface area contributed by atoms with Gasteiger partial charge in [0.25, 0.3) is 5.56 Å². The Hall–Kier alpha value is -3.89. The second-order valence-electron chi connectivity index (χ2n) is 7.79. The summed E-state index contributed by atoms with van der Waals surface area (Å²) in [7, 11) is 0. The number of carboxylic acids is 2. The van der Waals surface area contributed by atoms with Crippen LogP contribution < -0.4 is 16.2 Å². The Kier molecular flexibility index (Phi) is 14.8. The SMILES string of the molecule is O=C(O)C(F)(F)F.O=C(O)C(F)(F)F.O=c1c(NCCc2ccccn2)ncc(Cl)n1CCNCc1ccc(Cl)cc1. The standard InChI is InChI=1S/C20H21Cl2N5O.2C2HF3O2/c21-16-6-4-15(5-7-16)13-23-11-12-27-18(22)14-26-19(20(27)28)25-10-8-17-3-1-2-9-24-17;2*3-2(4,5)1(6)7/h1-7,9,14,23H,8,10-13H2,(H,25,26);2*(H,6,7). The largest absolute Gasteiger partial charge is 0.490 e. The lowest BCUT2D eigenvalue weighted by atomic mass is 10.2. The zero-order valence-corrected chi connectivity index (χ0v) is 22.7. The predicted octanol–water partition coefficient (Wildman–Crippen LogP) is 4.66.